The van der Waals surface area contributed by atoms with E-state index in [1.54, 1.807) is 0 Å². The van der Waals surface area contributed by atoms with Crippen LogP contribution in [-0.2, 0) is 4.79 Å². The molecule has 1 amide bonds. The van der Waals surface area contributed by atoms with E-state index in [0.29, 0.717) is 38.1 Å². The Kier molecular flexibility index (Phi) is 7.20. The van der Waals surface area contributed by atoms with Crippen LogP contribution in [0.15, 0.2) is 24.3 Å². The molecule has 0 aliphatic heterocycles. The van der Waals surface area contributed by atoms with Gasteiger partial charge in [-0.05, 0) is 63.3 Å². The summed E-state index contributed by atoms with van der Waals surface area (Å²) in [5, 5.41) is 3.09. The van der Waals surface area contributed by atoms with Crippen molar-refractivity contribution in [2.45, 2.75) is 57.5 Å². The molecule has 23 heavy (non-hydrogen) atoms. The van der Waals surface area contributed by atoms with Crippen molar-refractivity contribution in [3.63, 3.8) is 0 Å². The van der Waals surface area contributed by atoms with Gasteiger partial charge in [-0.2, -0.15) is 0 Å². The molecule has 0 unspecified atom stereocenters. The average Bonchev–Trinajstić information content (AvgIpc) is 2.55. The van der Waals surface area contributed by atoms with E-state index >= 15 is 0 Å². The molecule has 0 bridgehead atoms. The van der Waals surface area contributed by atoms with Gasteiger partial charge in [0, 0.05) is 18.5 Å². The molecule has 0 atom stereocenters. The van der Waals surface area contributed by atoms with E-state index in [9.17, 15) is 4.79 Å². The molecule has 5 heteroatoms. The van der Waals surface area contributed by atoms with Gasteiger partial charge >= 0.3 is 0 Å². The molecule has 0 radical (unpaired) electrons. The van der Waals surface area contributed by atoms with Gasteiger partial charge < -0.3 is 20.5 Å². The summed E-state index contributed by atoms with van der Waals surface area (Å²) in [6.45, 7) is 3.15. The van der Waals surface area contributed by atoms with E-state index in [0.717, 1.165) is 37.2 Å². The molecule has 1 aliphatic rings. The molecular formula is C18H28N2O3. The van der Waals surface area contributed by atoms with Gasteiger partial charge in [-0.25, -0.2) is 0 Å². The Morgan fingerprint density at radius 1 is 1.13 bits per heavy atom. The summed E-state index contributed by atoms with van der Waals surface area (Å²) in [6.07, 6.45) is 5.22. The van der Waals surface area contributed by atoms with Gasteiger partial charge in [0.2, 0.25) is 5.91 Å². The Bertz CT molecular complexity index is 468. The van der Waals surface area contributed by atoms with Crippen molar-refractivity contribution in [3.8, 4) is 11.5 Å². The van der Waals surface area contributed by atoms with E-state index in [1.165, 1.54) is 0 Å². The highest BCUT2D eigenvalue weighted by Crippen LogP contribution is 2.18. The van der Waals surface area contributed by atoms with Gasteiger partial charge in [-0.3, -0.25) is 4.79 Å². The van der Waals surface area contributed by atoms with E-state index < -0.39 is 0 Å². The summed E-state index contributed by atoms with van der Waals surface area (Å²) >= 11 is 0. The van der Waals surface area contributed by atoms with Gasteiger partial charge in [-0.15, -0.1) is 0 Å². The topological polar surface area (TPSA) is 73.6 Å². The summed E-state index contributed by atoms with van der Waals surface area (Å²) < 4.78 is 11.0. The number of rotatable bonds is 8. The minimum absolute atomic E-state index is 0.112. The zero-order valence-corrected chi connectivity index (χ0v) is 13.9. The predicted molar refractivity (Wildman–Crippen MR) is 90.7 cm³/mol. The van der Waals surface area contributed by atoms with Crippen molar-refractivity contribution < 1.29 is 14.3 Å². The fourth-order valence-corrected chi connectivity index (χ4v) is 2.78. The molecule has 1 aliphatic carbocycles. The Morgan fingerprint density at radius 2 is 1.74 bits per heavy atom. The van der Waals surface area contributed by atoms with Crippen LogP contribution in [0.1, 0.15) is 45.4 Å². The normalized spacial score (nSPS) is 20.8. The van der Waals surface area contributed by atoms with Gasteiger partial charge in [-0.1, -0.05) is 0 Å². The third-order valence-electron chi connectivity index (χ3n) is 4.09. The first-order valence-corrected chi connectivity index (χ1v) is 8.58. The lowest BCUT2D eigenvalue weighted by Crippen LogP contribution is -2.40. The number of carbonyl (C=O) groups excluding carboxylic acids is 1. The summed E-state index contributed by atoms with van der Waals surface area (Å²) in [5.74, 6) is 1.75. The molecule has 1 aromatic carbocycles. The number of ether oxygens (including phenoxy) is 2. The van der Waals surface area contributed by atoms with Crippen molar-refractivity contribution in [1.29, 1.82) is 0 Å². The fourth-order valence-electron chi connectivity index (χ4n) is 2.78. The highest BCUT2D eigenvalue weighted by molar-refractivity contribution is 5.76. The molecule has 1 aromatic rings. The largest absolute Gasteiger partial charge is 0.494 e. The minimum atomic E-state index is 0.112. The Balaban J connectivity index is 1.58. The van der Waals surface area contributed by atoms with E-state index in [-0.39, 0.29) is 5.91 Å². The van der Waals surface area contributed by atoms with Gasteiger partial charge in [0.1, 0.15) is 11.5 Å². The van der Waals surface area contributed by atoms with Gasteiger partial charge in [0.15, 0.2) is 0 Å². The van der Waals surface area contributed by atoms with Crippen LogP contribution >= 0.6 is 0 Å². The highest BCUT2D eigenvalue weighted by atomic mass is 16.5. The SMILES string of the molecule is CCOc1ccc(OCCCC(=O)NC2CCC(N)CC2)cc1. The van der Waals surface area contributed by atoms with E-state index in [1.807, 2.05) is 31.2 Å². The lowest BCUT2D eigenvalue weighted by Gasteiger charge is -2.26. The second kappa shape index (κ2) is 9.40. The van der Waals surface area contributed by atoms with Crippen LogP contribution in [0, 0.1) is 0 Å². The zero-order chi connectivity index (χ0) is 16.5. The third-order valence-corrected chi connectivity index (χ3v) is 4.09. The summed E-state index contributed by atoms with van der Waals surface area (Å²) in [6, 6.07) is 8.16. The molecule has 0 heterocycles. The zero-order valence-electron chi connectivity index (χ0n) is 13.9. The van der Waals surface area contributed by atoms with Gasteiger partial charge in [0.05, 0.1) is 13.2 Å². The first kappa shape index (κ1) is 17.6. The first-order valence-electron chi connectivity index (χ1n) is 8.58. The lowest BCUT2D eigenvalue weighted by molar-refractivity contribution is -0.122. The maximum absolute atomic E-state index is 11.9. The predicted octanol–water partition coefficient (Wildman–Crippen LogP) is 2.63. The number of hydrogen-bond acceptors (Lipinski definition) is 4. The van der Waals surface area contributed by atoms with Crippen molar-refractivity contribution in [1.82, 2.24) is 5.32 Å². The quantitative estimate of drug-likeness (QED) is 0.722. The van der Waals surface area contributed by atoms with Gasteiger partial charge in [0.25, 0.3) is 0 Å². The Morgan fingerprint density at radius 3 is 2.35 bits per heavy atom. The highest BCUT2D eigenvalue weighted by Gasteiger charge is 2.19. The van der Waals surface area contributed by atoms with E-state index in [4.69, 9.17) is 15.2 Å². The number of carbonyl (C=O) groups is 1. The van der Waals surface area contributed by atoms with Crippen LogP contribution in [0.25, 0.3) is 0 Å². The summed E-state index contributed by atoms with van der Waals surface area (Å²) in [5.41, 5.74) is 5.87. The molecule has 1 saturated carbocycles. The average molecular weight is 320 g/mol. The smallest absolute Gasteiger partial charge is 0.220 e. The van der Waals surface area contributed by atoms with E-state index in [2.05, 4.69) is 5.32 Å². The van der Waals surface area contributed by atoms with Crippen molar-refractivity contribution >= 4 is 5.91 Å². The monoisotopic (exact) mass is 320 g/mol. The van der Waals surface area contributed by atoms with Crippen LogP contribution in [0.4, 0.5) is 0 Å². The molecule has 0 saturated heterocycles. The first-order chi connectivity index (χ1) is 11.2. The molecule has 2 rings (SSSR count). The lowest BCUT2D eigenvalue weighted by atomic mass is 9.92. The summed E-state index contributed by atoms with van der Waals surface area (Å²) in [4.78, 5) is 11.9. The number of nitrogens with two attached hydrogens (primary N) is 1. The molecule has 5 nitrogen and oxygen atoms in total. The Hall–Kier alpha value is -1.75. The van der Waals surface area contributed by atoms with Crippen LogP contribution in [0.3, 0.4) is 0 Å². The number of amides is 1. The maximum atomic E-state index is 11.9. The second-order valence-electron chi connectivity index (χ2n) is 6.04. The van der Waals surface area contributed by atoms with Crippen LogP contribution in [0.2, 0.25) is 0 Å². The standard InChI is InChI=1S/C18H28N2O3/c1-2-22-16-9-11-17(12-10-16)23-13-3-4-18(21)20-15-7-5-14(19)6-8-15/h9-12,14-15H,2-8,13,19H2,1H3,(H,20,21). The number of nitrogens with one attached hydrogen (secondary N) is 1. The molecule has 3 N–H and O–H groups in total. The molecule has 1 fully saturated rings. The maximum Gasteiger partial charge on any atom is 0.220 e. The van der Waals surface area contributed by atoms with Crippen LogP contribution in [0.5, 0.6) is 11.5 Å². The molecular weight excluding hydrogens is 292 g/mol. The molecule has 0 spiro atoms. The molecule has 0 aromatic heterocycles. The number of benzene rings is 1. The van der Waals surface area contributed by atoms with Crippen LogP contribution < -0.4 is 20.5 Å². The fraction of sp³-hybridized carbons (Fsp3) is 0.611. The minimum Gasteiger partial charge on any atom is -0.494 e. The molecule has 128 valence electrons. The van der Waals surface area contributed by atoms with Crippen molar-refractivity contribution in [2.75, 3.05) is 13.2 Å². The third kappa shape index (κ3) is 6.48. The summed E-state index contributed by atoms with van der Waals surface area (Å²) in [7, 11) is 0. The van der Waals surface area contributed by atoms with Crippen molar-refractivity contribution in [2.24, 2.45) is 5.73 Å². The Labute approximate surface area is 138 Å². The second-order valence-corrected chi connectivity index (χ2v) is 6.04. The number of hydrogen-bond donors (Lipinski definition) is 2. The van der Waals surface area contributed by atoms with Crippen molar-refractivity contribution in [3.05, 3.63) is 24.3 Å². The van der Waals surface area contributed by atoms with Crippen LogP contribution in [-0.4, -0.2) is 31.2 Å².